The smallest absolute Gasteiger partial charge is 0.335 e. The van der Waals surface area contributed by atoms with Crippen LogP contribution >= 0.6 is 0 Å². The molecule has 0 atom stereocenters. The Balaban J connectivity index is 2.11. The highest BCUT2D eigenvalue weighted by molar-refractivity contribution is 5.95. The summed E-state index contributed by atoms with van der Waals surface area (Å²) in [5.74, 6) is -0.980. The minimum Gasteiger partial charge on any atom is -0.478 e. The molecule has 0 aliphatic heterocycles. The van der Waals surface area contributed by atoms with E-state index in [1.165, 1.54) is 0 Å². The number of carboxylic acids is 1. The SMILES string of the molecule is Cc1ccc(NCc2cccc(C(=O)O)c2)cc1NC(=O)C(C)(C)C. The van der Waals surface area contributed by atoms with E-state index in [0.29, 0.717) is 6.54 Å². The number of nitrogens with one attached hydrogen (secondary N) is 2. The summed E-state index contributed by atoms with van der Waals surface area (Å²) in [5.41, 5.74) is 3.28. The summed E-state index contributed by atoms with van der Waals surface area (Å²) in [6, 6.07) is 12.6. The molecule has 2 aromatic carbocycles. The first-order chi connectivity index (χ1) is 11.7. The maximum absolute atomic E-state index is 12.2. The second kappa shape index (κ2) is 7.38. The molecule has 3 N–H and O–H groups in total. The molecule has 0 fully saturated rings. The van der Waals surface area contributed by atoms with Crippen LogP contribution in [0.2, 0.25) is 0 Å². The number of carbonyl (C=O) groups is 2. The van der Waals surface area contributed by atoms with Gasteiger partial charge in [0.25, 0.3) is 0 Å². The first-order valence-corrected chi connectivity index (χ1v) is 8.15. The second-order valence-electron chi connectivity index (χ2n) is 7.09. The topological polar surface area (TPSA) is 78.4 Å². The van der Waals surface area contributed by atoms with Crippen LogP contribution in [-0.2, 0) is 11.3 Å². The predicted octanol–water partition coefficient (Wildman–Crippen LogP) is 4.29. The van der Waals surface area contributed by atoms with Crippen LogP contribution in [-0.4, -0.2) is 17.0 Å². The molecule has 25 heavy (non-hydrogen) atoms. The van der Waals surface area contributed by atoms with Gasteiger partial charge in [0.2, 0.25) is 5.91 Å². The van der Waals surface area contributed by atoms with Gasteiger partial charge in [0.1, 0.15) is 0 Å². The molecule has 0 radical (unpaired) electrons. The number of aryl methyl sites for hydroxylation is 1. The van der Waals surface area contributed by atoms with Gasteiger partial charge in [-0.15, -0.1) is 0 Å². The van der Waals surface area contributed by atoms with Crippen molar-refractivity contribution in [1.29, 1.82) is 0 Å². The summed E-state index contributed by atoms with van der Waals surface area (Å²) in [6.45, 7) is 8.05. The zero-order chi connectivity index (χ0) is 18.6. The molecule has 2 aromatic rings. The van der Waals surface area contributed by atoms with Gasteiger partial charge in [0.15, 0.2) is 0 Å². The normalized spacial score (nSPS) is 11.0. The molecule has 132 valence electrons. The molecule has 2 rings (SSSR count). The van der Waals surface area contributed by atoms with Crippen molar-refractivity contribution >= 4 is 23.3 Å². The van der Waals surface area contributed by atoms with Crippen LogP contribution in [0.15, 0.2) is 42.5 Å². The summed E-state index contributed by atoms with van der Waals surface area (Å²) < 4.78 is 0. The Morgan fingerprint density at radius 2 is 1.80 bits per heavy atom. The van der Waals surface area contributed by atoms with Gasteiger partial charge < -0.3 is 15.7 Å². The van der Waals surface area contributed by atoms with E-state index in [0.717, 1.165) is 22.5 Å². The van der Waals surface area contributed by atoms with Gasteiger partial charge in [0, 0.05) is 23.3 Å². The number of carboxylic acid groups (broad SMARTS) is 1. The van der Waals surface area contributed by atoms with Gasteiger partial charge in [-0.25, -0.2) is 4.79 Å². The fraction of sp³-hybridized carbons (Fsp3) is 0.300. The molecule has 0 spiro atoms. The van der Waals surface area contributed by atoms with Crippen LogP contribution in [0.5, 0.6) is 0 Å². The molecular formula is C20H24N2O3. The third-order valence-electron chi connectivity index (χ3n) is 3.84. The number of aromatic carboxylic acids is 1. The zero-order valence-corrected chi connectivity index (χ0v) is 15.0. The van der Waals surface area contributed by atoms with Gasteiger partial charge in [-0.05, 0) is 42.3 Å². The van der Waals surface area contributed by atoms with Gasteiger partial charge in [-0.3, -0.25) is 4.79 Å². The van der Waals surface area contributed by atoms with Crippen molar-refractivity contribution in [2.45, 2.75) is 34.2 Å². The lowest BCUT2D eigenvalue weighted by atomic mass is 9.95. The van der Waals surface area contributed by atoms with Crippen LogP contribution in [0.4, 0.5) is 11.4 Å². The molecule has 0 heterocycles. The molecule has 0 unspecified atom stereocenters. The standard InChI is InChI=1S/C20H24N2O3/c1-13-8-9-16(11-17(13)22-19(25)20(2,3)4)21-12-14-6-5-7-15(10-14)18(23)24/h5-11,21H,12H2,1-4H3,(H,22,25)(H,23,24). The highest BCUT2D eigenvalue weighted by atomic mass is 16.4. The molecule has 0 bridgehead atoms. The maximum Gasteiger partial charge on any atom is 0.335 e. The quantitative estimate of drug-likeness (QED) is 0.759. The lowest BCUT2D eigenvalue weighted by Gasteiger charge is -2.19. The number of rotatable bonds is 5. The largest absolute Gasteiger partial charge is 0.478 e. The van der Waals surface area contributed by atoms with E-state index in [9.17, 15) is 9.59 Å². The molecular weight excluding hydrogens is 316 g/mol. The van der Waals surface area contributed by atoms with Crippen molar-refractivity contribution in [3.63, 3.8) is 0 Å². The first-order valence-electron chi connectivity index (χ1n) is 8.15. The van der Waals surface area contributed by atoms with Crippen molar-refractivity contribution in [3.8, 4) is 0 Å². The van der Waals surface area contributed by atoms with Gasteiger partial charge in [-0.1, -0.05) is 39.0 Å². The van der Waals surface area contributed by atoms with Crippen molar-refractivity contribution in [3.05, 3.63) is 59.2 Å². The maximum atomic E-state index is 12.2. The first kappa shape index (κ1) is 18.5. The minimum atomic E-state index is -0.940. The lowest BCUT2D eigenvalue weighted by Crippen LogP contribution is -2.27. The van der Waals surface area contributed by atoms with Crippen LogP contribution in [0.3, 0.4) is 0 Å². The second-order valence-corrected chi connectivity index (χ2v) is 7.09. The number of benzene rings is 2. The van der Waals surface area contributed by atoms with E-state index in [2.05, 4.69) is 10.6 Å². The lowest BCUT2D eigenvalue weighted by molar-refractivity contribution is -0.123. The molecule has 5 heteroatoms. The van der Waals surface area contributed by atoms with Crippen molar-refractivity contribution < 1.29 is 14.7 Å². The van der Waals surface area contributed by atoms with Gasteiger partial charge in [-0.2, -0.15) is 0 Å². The third-order valence-corrected chi connectivity index (χ3v) is 3.84. The molecule has 5 nitrogen and oxygen atoms in total. The monoisotopic (exact) mass is 340 g/mol. The predicted molar refractivity (Wildman–Crippen MR) is 100.0 cm³/mol. The number of carbonyl (C=O) groups excluding carboxylic acids is 1. The van der Waals surface area contributed by atoms with Gasteiger partial charge >= 0.3 is 5.97 Å². The van der Waals surface area contributed by atoms with E-state index in [1.54, 1.807) is 18.2 Å². The van der Waals surface area contributed by atoms with E-state index >= 15 is 0 Å². The molecule has 0 aliphatic carbocycles. The van der Waals surface area contributed by atoms with Crippen molar-refractivity contribution in [1.82, 2.24) is 0 Å². The summed E-state index contributed by atoms with van der Waals surface area (Å²) in [7, 11) is 0. The highest BCUT2D eigenvalue weighted by Crippen LogP contribution is 2.24. The van der Waals surface area contributed by atoms with E-state index < -0.39 is 11.4 Å². The fourth-order valence-electron chi connectivity index (χ4n) is 2.19. The summed E-state index contributed by atoms with van der Waals surface area (Å²) in [6.07, 6.45) is 0. The zero-order valence-electron chi connectivity index (χ0n) is 15.0. The number of hydrogen-bond acceptors (Lipinski definition) is 3. The molecule has 1 amide bonds. The number of hydrogen-bond donors (Lipinski definition) is 3. The molecule has 0 saturated heterocycles. The van der Waals surface area contributed by atoms with E-state index in [-0.39, 0.29) is 11.5 Å². The third kappa shape index (κ3) is 5.08. The highest BCUT2D eigenvalue weighted by Gasteiger charge is 2.21. The van der Waals surface area contributed by atoms with Crippen LogP contribution in [0.1, 0.15) is 42.3 Å². The Bertz CT molecular complexity index is 792. The van der Waals surface area contributed by atoms with E-state index in [4.69, 9.17) is 5.11 Å². The fourth-order valence-corrected chi connectivity index (χ4v) is 2.19. The molecule has 0 aliphatic rings. The average Bonchev–Trinajstić information content (AvgIpc) is 2.55. The molecule has 0 aromatic heterocycles. The average molecular weight is 340 g/mol. The van der Waals surface area contributed by atoms with E-state index in [1.807, 2.05) is 52.0 Å². The molecule has 0 saturated carbocycles. The summed E-state index contributed by atoms with van der Waals surface area (Å²) in [5, 5.41) is 15.3. The number of anilines is 2. The Labute approximate surface area is 148 Å². The van der Waals surface area contributed by atoms with Crippen molar-refractivity contribution in [2.75, 3.05) is 10.6 Å². The van der Waals surface area contributed by atoms with Crippen LogP contribution in [0, 0.1) is 12.3 Å². The Morgan fingerprint density at radius 1 is 1.08 bits per heavy atom. The van der Waals surface area contributed by atoms with Gasteiger partial charge in [0.05, 0.1) is 5.56 Å². The summed E-state index contributed by atoms with van der Waals surface area (Å²) >= 11 is 0. The van der Waals surface area contributed by atoms with Crippen LogP contribution < -0.4 is 10.6 Å². The number of amides is 1. The minimum absolute atomic E-state index is 0.0399. The Morgan fingerprint density at radius 3 is 2.44 bits per heavy atom. The van der Waals surface area contributed by atoms with Crippen molar-refractivity contribution in [2.24, 2.45) is 5.41 Å². The summed E-state index contributed by atoms with van der Waals surface area (Å²) in [4.78, 5) is 23.2. The Hall–Kier alpha value is -2.82. The van der Waals surface area contributed by atoms with Crippen LogP contribution in [0.25, 0.3) is 0 Å². The Kier molecular flexibility index (Phi) is 5.47.